The van der Waals surface area contributed by atoms with Crippen LogP contribution in [0.1, 0.15) is 22.8 Å². The highest BCUT2D eigenvalue weighted by molar-refractivity contribution is 7.92. The topological polar surface area (TPSA) is 80.2 Å². The Balaban J connectivity index is 1.71. The van der Waals surface area contributed by atoms with E-state index in [4.69, 9.17) is 0 Å². The molecule has 7 heteroatoms. The molecule has 0 unspecified atom stereocenters. The van der Waals surface area contributed by atoms with Crippen molar-refractivity contribution in [2.75, 3.05) is 16.3 Å². The van der Waals surface area contributed by atoms with Gasteiger partial charge in [0.25, 0.3) is 5.91 Å². The van der Waals surface area contributed by atoms with Crippen molar-refractivity contribution >= 4 is 49.1 Å². The molecule has 0 aliphatic rings. The minimum atomic E-state index is -3.43. The van der Waals surface area contributed by atoms with Gasteiger partial charge in [-0.05, 0) is 55.8 Å². The third-order valence-electron chi connectivity index (χ3n) is 5.22. The van der Waals surface area contributed by atoms with Crippen molar-refractivity contribution in [3.63, 3.8) is 0 Å². The highest BCUT2D eigenvalue weighted by atomic mass is 32.2. The van der Waals surface area contributed by atoms with Crippen LogP contribution in [0.2, 0.25) is 0 Å². The normalized spacial score (nSPS) is 11.7. The van der Waals surface area contributed by atoms with Gasteiger partial charge in [-0.25, -0.2) is 8.42 Å². The van der Waals surface area contributed by atoms with Gasteiger partial charge in [-0.3, -0.25) is 9.52 Å². The summed E-state index contributed by atoms with van der Waals surface area (Å²) < 4.78 is 27.8. The molecular weight excluding hydrogens is 398 g/mol. The highest BCUT2D eigenvalue weighted by Crippen LogP contribution is 2.31. The molecule has 0 aliphatic carbocycles. The van der Waals surface area contributed by atoms with Crippen molar-refractivity contribution in [1.82, 2.24) is 4.57 Å². The summed E-state index contributed by atoms with van der Waals surface area (Å²) in [5, 5.41) is 5.17. The lowest BCUT2D eigenvalue weighted by atomic mass is 10.1. The first-order valence-corrected chi connectivity index (χ1v) is 11.6. The van der Waals surface area contributed by atoms with Crippen molar-refractivity contribution in [2.45, 2.75) is 20.4 Å². The first-order chi connectivity index (χ1) is 14.3. The van der Waals surface area contributed by atoms with Gasteiger partial charge in [-0.1, -0.05) is 24.3 Å². The van der Waals surface area contributed by atoms with Crippen LogP contribution < -0.4 is 10.0 Å². The number of carbonyl (C=O) groups excluding carboxylic acids is 1. The molecule has 0 saturated carbocycles. The van der Waals surface area contributed by atoms with E-state index < -0.39 is 10.0 Å². The van der Waals surface area contributed by atoms with E-state index in [0.29, 0.717) is 22.5 Å². The van der Waals surface area contributed by atoms with Gasteiger partial charge in [0.15, 0.2) is 0 Å². The summed E-state index contributed by atoms with van der Waals surface area (Å²) in [6.45, 7) is 4.69. The first-order valence-electron chi connectivity index (χ1n) is 9.68. The molecule has 4 aromatic rings. The Kier molecular flexibility index (Phi) is 4.99. The fourth-order valence-corrected chi connectivity index (χ4v) is 4.48. The smallest absolute Gasteiger partial charge is 0.256 e. The van der Waals surface area contributed by atoms with Crippen LogP contribution in [0.25, 0.3) is 21.8 Å². The second-order valence-electron chi connectivity index (χ2n) is 7.30. The molecule has 1 heterocycles. The van der Waals surface area contributed by atoms with Gasteiger partial charge in [-0.15, -0.1) is 0 Å². The number of anilines is 2. The number of fused-ring (bicyclic) bond motifs is 3. The van der Waals surface area contributed by atoms with Crippen molar-refractivity contribution in [2.24, 2.45) is 0 Å². The molecule has 0 bridgehead atoms. The zero-order valence-electron chi connectivity index (χ0n) is 17.1. The summed E-state index contributed by atoms with van der Waals surface area (Å²) in [4.78, 5) is 12.9. The lowest BCUT2D eigenvalue weighted by Crippen LogP contribution is -2.16. The van der Waals surface area contributed by atoms with E-state index >= 15 is 0 Å². The van der Waals surface area contributed by atoms with Crippen molar-refractivity contribution < 1.29 is 13.2 Å². The van der Waals surface area contributed by atoms with Crippen LogP contribution in [0, 0.1) is 6.92 Å². The van der Waals surface area contributed by atoms with E-state index in [-0.39, 0.29) is 5.91 Å². The number of hydrogen-bond donors (Lipinski definition) is 2. The quantitative estimate of drug-likeness (QED) is 0.488. The number of aromatic nitrogens is 1. The molecule has 1 amide bonds. The molecule has 30 heavy (non-hydrogen) atoms. The average Bonchev–Trinajstić information content (AvgIpc) is 3.01. The highest BCUT2D eigenvalue weighted by Gasteiger charge is 2.15. The van der Waals surface area contributed by atoms with E-state index in [1.165, 1.54) is 0 Å². The zero-order chi connectivity index (χ0) is 21.5. The van der Waals surface area contributed by atoms with Gasteiger partial charge in [0.05, 0.1) is 11.9 Å². The Bertz CT molecular complexity index is 1390. The van der Waals surface area contributed by atoms with Gasteiger partial charge in [0.1, 0.15) is 0 Å². The molecule has 0 radical (unpaired) electrons. The first kappa shape index (κ1) is 20.0. The standard InChI is InChI=1S/C23H23N3O3S/c1-4-26-21-11-6-5-8-18(21)19-14-16(12-13-22(19)26)24-23(27)17-9-7-10-20(15(17)2)25-30(3,28)29/h5-14,25H,4H2,1-3H3,(H,24,27). The average molecular weight is 422 g/mol. The summed E-state index contributed by atoms with van der Waals surface area (Å²) in [6.07, 6.45) is 1.08. The minimum absolute atomic E-state index is 0.289. The number of rotatable bonds is 5. The Hall–Kier alpha value is -3.32. The van der Waals surface area contributed by atoms with Crippen LogP contribution in [0.15, 0.2) is 60.7 Å². The number of carbonyl (C=O) groups is 1. The summed E-state index contributed by atoms with van der Waals surface area (Å²) in [6, 6.07) is 19.1. The molecule has 1 aromatic heterocycles. The Labute approximate surface area is 175 Å². The Morgan fingerprint density at radius 1 is 0.967 bits per heavy atom. The maximum atomic E-state index is 12.9. The molecule has 2 N–H and O–H groups in total. The molecule has 0 spiro atoms. The summed E-state index contributed by atoms with van der Waals surface area (Å²) in [5.74, 6) is -0.289. The molecule has 6 nitrogen and oxygen atoms in total. The molecule has 154 valence electrons. The Morgan fingerprint density at radius 2 is 1.70 bits per heavy atom. The van der Waals surface area contributed by atoms with E-state index in [2.05, 4.69) is 33.7 Å². The molecule has 4 rings (SSSR count). The largest absolute Gasteiger partial charge is 0.341 e. The maximum Gasteiger partial charge on any atom is 0.256 e. The number of nitrogens with zero attached hydrogens (tertiary/aromatic N) is 1. The number of hydrogen-bond acceptors (Lipinski definition) is 3. The number of aryl methyl sites for hydroxylation is 1. The van der Waals surface area contributed by atoms with Crippen LogP contribution in [0.3, 0.4) is 0 Å². The van der Waals surface area contributed by atoms with Gasteiger partial charge in [-0.2, -0.15) is 0 Å². The number of benzene rings is 3. The predicted octanol–water partition coefficient (Wildman–Crippen LogP) is 4.75. The van der Waals surface area contributed by atoms with Crippen LogP contribution in [-0.4, -0.2) is 25.1 Å². The zero-order valence-corrected chi connectivity index (χ0v) is 17.9. The number of para-hydroxylation sites is 1. The molecule has 0 saturated heterocycles. The van der Waals surface area contributed by atoms with Gasteiger partial charge >= 0.3 is 0 Å². The summed E-state index contributed by atoms with van der Waals surface area (Å²) in [5.41, 5.74) is 4.35. The van der Waals surface area contributed by atoms with Gasteiger partial charge < -0.3 is 9.88 Å². The van der Waals surface area contributed by atoms with Crippen LogP contribution in [0.4, 0.5) is 11.4 Å². The van der Waals surface area contributed by atoms with E-state index in [1.807, 2.05) is 30.3 Å². The SMILES string of the molecule is CCn1c2ccccc2c2cc(NC(=O)c3cccc(NS(C)(=O)=O)c3C)ccc21. The second kappa shape index (κ2) is 7.50. The fourth-order valence-electron chi connectivity index (χ4n) is 3.86. The molecular formula is C23H23N3O3S. The number of nitrogens with one attached hydrogen (secondary N) is 2. The summed E-state index contributed by atoms with van der Waals surface area (Å²) in [7, 11) is -3.43. The van der Waals surface area contributed by atoms with E-state index in [1.54, 1.807) is 25.1 Å². The maximum absolute atomic E-state index is 12.9. The minimum Gasteiger partial charge on any atom is -0.341 e. The Morgan fingerprint density at radius 3 is 2.43 bits per heavy atom. The van der Waals surface area contributed by atoms with Gasteiger partial charge in [0, 0.05) is 39.6 Å². The van der Waals surface area contributed by atoms with Crippen molar-refractivity contribution in [3.05, 3.63) is 71.8 Å². The van der Waals surface area contributed by atoms with E-state index in [9.17, 15) is 13.2 Å². The second-order valence-corrected chi connectivity index (χ2v) is 9.05. The van der Waals surface area contributed by atoms with E-state index in [0.717, 1.165) is 34.6 Å². The predicted molar refractivity (Wildman–Crippen MR) is 123 cm³/mol. The van der Waals surface area contributed by atoms with Crippen LogP contribution >= 0.6 is 0 Å². The third kappa shape index (κ3) is 3.64. The molecule has 0 fully saturated rings. The fraction of sp³-hybridized carbons (Fsp3) is 0.174. The molecule has 3 aromatic carbocycles. The van der Waals surface area contributed by atoms with Crippen molar-refractivity contribution in [1.29, 1.82) is 0 Å². The number of sulfonamides is 1. The third-order valence-corrected chi connectivity index (χ3v) is 5.81. The lowest BCUT2D eigenvalue weighted by Gasteiger charge is -2.12. The van der Waals surface area contributed by atoms with Gasteiger partial charge in [0.2, 0.25) is 10.0 Å². The lowest BCUT2D eigenvalue weighted by molar-refractivity contribution is 0.102. The molecule has 0 atom stereocenters. The number of amides is 1. The monoisotopic (exact) mass is 421 g/mol. The van der Waals surface area contributed by atoms with Crippen LogP contribution in [-0.2, 0) is 16.6 Å². The van der Waals surface area contributed by atoms with Crippen molar-refractivity contribution in [3.8, 4) is 0 Å². The van der Waals surface area contributed by atoms with Crippen LogP contribution in [0.5, 0.6) is 0 Å². The molecule has 0 aliphatic heterocycles. The summed E-state index contributed by atoms with van der Waals surface area (Å²) >= 11 is 0.